The Kier molecular flexibility index (Phi) is 9.55. The third-order valence-corrected chi connectivity index (χ3v) is 12.7. The number of sulfonamides is 1. The molecule has 4 aliphatic rings. The molecule has 5 atom stereocenters. The first-order valence-electron chi connectivity index (χ1n) is 18.7. The highest BCUT2D eigenvalue weighted by molar-refractivity contribution is 7.91. The monoisotopic (exact) mass is 772 g/mol. The van der Waals surface area contributed by atoms with Crippen LogP contribution in [-0.4, -0.2) is 82.6 Å². The summed E-state index contributed by atoms with van der Waals surface area (Å²) in [4.78, 5) is 62.0. The lowest BCUT2D eigenvalue weighted by Crippen LogP contribution is -2.58. The molecule has 1 saturated heterocycles. The zero-order chi connectivity index (χ0) is 38.5. The molecule has 3 N–H and O–H groups in total. The van der Waals surface area contributed by atoms with E-state index >= 15 is 4.39 Å². The molecule has 2 aliphatic carbocycles. The van der Waals surface area contributed by atoms with E-state index < -0.39 is 74.4 Å². The lowest BCUT2D eigenvalue weighted by atomic mass is 10.0. The molecule has 0 unspecified atom stereocenters. The number of aromatic nitrogens is 2. The molecule has 4 heterocycles. The molecule has 14 nitrogen and oxygen atoms in total. The van der Waals surface area contributed by atoms with E-state index in [9.17, 15) is 27.6 Å². The van der Waals surface area contributed by atoms with Gasteiger partial charge in [0.2, 0.25) is 27.7 Å². The molecule has 4 aromatic rings. The summed E-state index contributed by atoms with van der Waals surface area (Å²) in [6, 6.07) is 10.9. The van der Waals surface area contributed by atoms with Gasteiger partial charge in [0.05, 0.1) is 17.3 Å². The van der Waals surface area contributed by atoms with E-state index in [2.05, 4.69) is 25.5 Å². The Bertz CT molecular complexity index is 2340. The van der Waals surface area contributed by atoms with E-state index in [1.807, 2.05) is 12.2 Å². The van der Waals surface area contributed by atoms with Crippen LogP contribution >= 0.6 is 0 Å². The van der Waals surface area contributed by atoms with Crippen LogP contribution in [0.1, 0.15) is 74.0 Å². The van der Waals surface area contributed by atoms with Crippen LogP contribution in [0.5, 0.6) is 5.88 Å². The number of ether oxygens (including phenoxy) is 1. The molecule has 288 valence electrons. The summed E-state index contributed by atoms with van der Waals surface area (Å²) in [6.45, 7) is 1.56. The van der Waals surface area contributed by atoms with Gasteiger partial charge in [-0.3, -0.25) is 23.9 Å². The molecule has 3 fully saturated rings. The van der Waals surface area contributed by atoms with Gasteiger partial charge >= 0.3 is 0 Å². The minimum atomic E-state index is -3.92. The second-order valence-corrected chi connectivity index (χ2v) is 16.9. The maximum atomic E-state index is 15.0. The minimum Gasteiger partial charge on any atom is -0.472 e. The number of carbonyl (C=O) groups excluding carboxylic acids is 4. The molecule has 8 rings (SSSR count). The first-order valence-corrected chi connectivity index (χ1v) is 20.2. The van der Waals surface area contributed by atoms with Crippen molar-refractivity contribution in [2.75, 3.05) is 6.54 Å². The average Bonchev–Trinajstić information content (AvgIpc) is 4.05. The second-order valence-electron chi connectivity index (χ2n) is 14.9. The van der Waals surface area contributed by atoms with Crippen molar-refractivity contribution in [3.8, 4) is 5.88 Å². The second kappa shape index (κ2) is 14.4. The van der Waals surface area contributed by atoms with Crippen molar-refractivity contribution in [3.63, 3.8) is 0 Å². The van der Waals surface area contributed by atoms with Crippen molar-refractivity contribution in [1.82, 2.24) is 30.4 Å². The number of aryl methyl sites for hydroxylation is 1. The highest BCUT2D eigenvalue weighted by Crippen LogP contribution is 2.46. The van der Waals surface area contributed by atoms with E-state index in [0.29, 0.717) is 53.1 Å². The first-order chi connectivity index (χ1) is 26.4. The molecule has 0 bridgehead atoms. The molecule has 55 heavy (non-hydrogen) atoms. The zero-order valence-corrected chi connectivity index (χ0v) is 30.9. The topological polar surface area (TPSA) is 190 Å². The quantitative estimate of drug-likeness (QED) is 0.183. The summed E-state index contributed by atoms with van der Waals surface area (Å²) >= 11 is 0. The van der Waals surface area contributed by atoms with Gasteiger partial charge in [0.25, 0.3) is 11.8 Å². The van der Waals surface area contributed by atoms with Crippen LogP contribution in [0.2, 0.25) is 0 Å². The van der Waals surface area contributed by atoms with E-state index in [1.165, 1.54) is 17.0 Å². The number of fused-ring (bicyclic) bond motifs is 5. The maximum Gasteiger partial charge on any atom is 0.274 e. The van der Waals surface area contributed by atoms with Crippen LogP contribution in [0.25, 0.3) is 21.7 Å². The molecule has 0 spiro atoms. The number of pyridine rings is 1. The van der Waals surface area contributed by atoms with Crippen molar-refractivity contribution >= 4 is 55.3 Å². The predicted molar refractivity (Wildman–Crippen MR) is 198 cm³/mol. The number of hydrogen-bond donors (Lipinski definition) is 3. The van der Waals surface area contributed by atoms with Gasteiger partial charge in [-0.05, 0) is 69.0 Å². The van der Waals surface area contributed by atoms with Crippen LogP contribution in [0.4, 0.5) is 4.39 Å². The Morgan fingerprint density at radius 2 is 1.85 bits per heavy atom. The highest BCUT2D eigenvalue weighted by atomic mass is 32.2. The molecule has 16 heteroatoms. The van der Waals surface area contributed by atoms with Gasteiger partial charge in [0.15, 0.2) is 5.69 Å². The highest BCUT2D eigenvalue weighted by Gasteiger charge is 2.62. The fourth-order valence-corrected chi connectivity index (χ4v) is 9.09. The van der Waals surface area contributed by atoms with Crippen molar-refractivity contribution < 1.29 is 41.2 Å². The third kappa shape index (κ3) is 7.26. The van der Waals surface area contributed by atoms with Crippen LogP contribution in [0, 0.1) is 18.7 Å². The third-order valence-electron chi connectivity index (χ3n) is 10.9. The van der Waals surface area contributed by atoms with Crippen LogP contribution in [0.15, 0.2) is 65.2 Å². The maximum absolute atomic E-state index is 15.0. The molecular formula is C39H41FN6O8S. The molecule has 2 saturated carbocycles. The largest absolute Gasteiger partial charge is 0.472 e. The molecule has 4 amide bonds. The van der Waals surface area contributed by atoms with Gasteiger partial charge in [0, 0.05) is 29.2 Å². The van der Waals surface area contributed by atoms with E-state index in [1.54, 1.807) is 43.3 Å². The fourth-order valence-electron chi connectivity index (χ4n) is 7.73. The van der Waals surface area contributed by atoms with Gasteiger partial charge in [-0.1, -0.05) is 54.4 Å². The van der Waals surface area contributed by atoms with E-state index in [0.717, 1.165) is 12.8 Å². The Morgan fingerprint density at radius 3 is 2.62 bits per heavy atom. The van der Waals surface area contributed by atoms with Gasteiger partial charge in [-0.25, -0.2) is 17.8 Å². The lowest BCUT2D eigenvalue weighted by Gasteiger charge is -2.29. The zero-order valence-electron chi connectivity index (χ0n) is 30.1. The fraction of sp³-hybridized carbons (Fsp3) is 0.436. The summed E-state index contributed by atoms with van der Waals surface area (Å²) < 4.78 is 54.5. The van der Waals surface area contributed by atoms with Gasteiger partial charge in [-0.2, -0.15) is 0 Å². The molecule has 2 aromatic carbocycles. The van der Waals surface area contributed by atoms with Crippen molar-refractivity contribution in [3.05, 3.63) is 78.0 Å². The van der Waals surface area contributed by atoms with Crippen LogP contribution in [-0.2, 0) is 24.4 Å². The summed E-state index contributed by atoms with van der Waals surface area (Å²) in [5.41, 5.74) is -1.17. The predicted octanol–water partition coefficient (Wildman–Crippen LogP) is 3.97. The number of nitrogens with zero attached hydrogens (tertiary/aromatic N) is 3. The summed E-state index contributed by atoms with van der Waals surface area (Å²) in [6.07, 6.45) is 7.09. The smallest absolute Gasteiger partial charge is 0.274 e. The Labute approximate surface area is 316 Å². The number of benzene rings is 2. The Morgan fingerprint density at radius 1 is 1.05 bits per heavy atom. The average molecular weight is 773 g/mol. The number of nitrogens with one attached hydrogen (secondary N) is 3. The Balaban J connectivity index is 1.13. The van der Waals surface area contributed by atoms with E-state index in [4.69, 9.17) is 9.26 Å². The minimum absolute atomic E-state index is 0.00262. The van der Waals surface area contributed by atoms with Gasteiger partial charge < -0.3 is 24.8 Å². The summed E-state index contributed by atoms with van der Waals surface area (Å²) in [5.74, 6) is -2.92. The molecular weight excluding hydrogens is 732 g/mol. The standard InChI is InChI=1S/C39H41FN6O8S/c1-22-18-31(44-54-22)34(47)41-30-14-6-4-2-3-5-10-23-20-39(23,38(50)45-55(51,52)25-16-17-25)43-35(48)32-19-24(21-46(32)37(30)49)53-36-27-12-8-7-11-26(27)33-28(40)13-9-15-29(33)42-36/h5,7-13,15,18,23-25,30,32H,2-4,6,14,16-17,19-21H2,1H3,(H,41,47)(H,43,48)(H,45,50)/b10-5-/t23-,24-,30+,32+,39-/m1/s1. The van der Waals surface area contributed by atoms with Crippen molar-refractivity contribution in [1.29, 1.82) is 0 Å². The number of halogens is 1. The normalized spacial score (nSPS) is 26.6. The van der Waals surface area contributed by atoms with Crippen LogP contribution in [0.3, 0.4) is 0 Å². The van der Waals surface area contributed by atoms with E-state index in [-0.39, 0.29) is 37.4 Å². The number of rotatable bonds is 7. The van der Waals surface area contributed by atoms with Gasteiger partial charge in [-0.15, -0.1) is 0 Å². The Hall–Kier alpha value is -5.38. The SMILES string of the molecule is Cc1cc(C(=O)N[C@H]2CCCCC/C=C\[C@@H]3C[C@@]3(C(=O)NS(=O)(=O)C3CC3)NC(=O)[C@@H]3C[C@@H](Oc4nc5cccc(F)c5c5ccccc45)CN3C2=O)no1. The summed E-state index contributed by atoms with van der Waals surface area (Å²) in [7, 11) is -3.92. The molecule has 0 radical (unpaired) electrons. The summed E-state index contributed by atoms with van der Waals surface area (Å²) in [5, 5.41) is 10.2. The van der Waals surface area contributed by atoms with Crippen LogP contribution < -0.4 is 20.1 Å². The lowest BCUT2D eigenvalue weighted by molar-refractivity contribution is -0.141. The van der Waals surface area contributed by atoms with Crippen molar-refractivity contribution in [2.45, 2.75) is 93.7 Å². The number of carbonyl (C=O) groups is 4. The molecule has 2 aromatic heterocycles. The number of amides is 4. The van der Waals surface area contributed by atoms with Gasteiger partial charge in [0.1, 0.15) is 35.3 Å². The first kappa shape index (κ1) is 36.6. The number of allylic oxidation sites excluding steroid dienone is 1. The van der Waals surface area contributed by atoms with Crippen molar-refractivity contribution in [2.24, 2.45) is 5.92 Å². The molecule has 2 aliphatic heterocycles. The number of hydrogen-bond acceptors (Lipinski definition) is 10.